The Hall–Kier alpha value is -1.47. The first-order valence-corrected chi connectivity index (χ1v) is 12.8. The number of hydrogen-bond donors (Lipinski definition) is 3. The molecule has 190 valence electrons. The van der Waals surface area contributed by atoms with Crippen LogP contribution >= 0.6 is 0 Å². The average Bonchev–Trinajstić information content (AvgIpc) is 2.76. The second kappa shape index (κ2) is 25.8. The molecule has 0 aromatic rings. The lowest BCUT2D eigenvalue weighted by molar-refractivity contribution is -0.160. The first-order valence-electron chi connectivity index (χ1n) is 12.8. The number of unbranched alkanes of at least 4 members (excludes halogenated alkanes) is 10. The molecular weight excluding hydrogens is 408 g/mol. The van der Waals surface area contributed by atoms with Gasteiger partial charge in [0.2, 0.25) is 0 Å². The quantitative estimate of drug-likeness (QED) is 0.128. The number of esters is 2. The summed E-state index contributed by atoms with van der Waals surface area (Å²) in [7, 11) is 0. The summed E-state index contributed by atoms with van der Waals surface area (Å²) in [5.41, 5.74) is 5.47. The molecule has 0 aliphatic rings. The van der Waals surface area contributed by atoms with Gasteiger partial charge in [0.25, 0.3) is 0 Å². The van der Waals surface area contributed by atoms with Crippen LogP contribution in [0.2, 0.25) is 0 Å². The second-order valence-electron chi connectivity index (χ2n) is 8.37. The number of nitrogens with two attached hydrogens (primary N) is 1. The highest BCUT2D eigenvalue weighted by molar-refractivity contribution is 5.88. The third kappa shape index (κ3) is 26.6. The topological polar surface area (TPSA) is 119 Å². The van der Waals surface area contributed by atoms with Crippen LogP contribution in [0.25, 0.3) is 0 Å². The molecule has 4 N–H and O–H groups in total. The van der Waals surface area contributed by atoms with Gasteiger partial charge >= 0.3 is 17.9 Å². The van der Waals surface area contributed by atoms with Gasteiger partial charge in [0.15, 0.2) is 0 Å². The molecule has 0 spiro atoms. The van der Waals surface area contributed by atoms with E-state index >= 15 is 0 Å². The van der Waals surface area contributed by atoms with E-state index in [1.165, 1.54) is 77.3 Å². The van der Waals surface area contributed by atoms with E-state index in [-0.39, 0.29) is 19.3 Å². The normalized spacial score (nSPS) is 11.4. The van der Waals surface area contributed by atoms with Crippen LogP contribution in [0.1, 0.15) is 124 Å². The summed E-state index contributed by atoms with van der Waals surface area (Å²) in [4.78, 5) is 33.3. The average molecular weight is 459 g/mol. The van der Waals surface area contributed by atoms with Crippen molar-refractivity contribution >= 4 is 17.9 Å². The maximum Gasteiger partial charge on any atom is 0.330 e. The van der Waals surface area contributed by atoms with Crippen molar-refractivity contribution < 1.29 is 24.2 Å². The number of nitrogens with one attached hydrogen (secondary N) is 1. The van der Waals surface area contributed by atoms with Gasteiger partial charge in [0.05, 0.1) is 0 Å². The summed E-state index contributed by atoms with van der Waals surface area (Å²) < 4.78 is 4.62. The first kappa shape index (κ1) is 32.7. The maximum absolute atomic E-state index is 11.5. The summed E-state index contributed by atoms with van der Waals surface area (Å²) >= 11 is 0. The predicted octanol–water partition coefficient (Wildman–Crippen LogP) is 5.35. The highest BCUT2D eigenvalue weighted by atomic mass is 16.6. The van der Waals surface area contributed by atoms with E-state index in [0.717, 1.165) is 12.8 Å². The molecule has 0 heterocycles. The lowest BCUT2D eigenvalue weighted by Gasteiger charge is -2.09. The smallest absolute Gasteiger partial charge is 0.330 e. The monoisotopic (exact) mass is 458 g/mol. The molecule has 0 unspecified atom stereocenters. The van der Waals surface area contributed by atoms with E-state index in [0.29, 0.717) is 6.42 Å². The molecule has 0 saturated carbocycles. The fourth-order valence-corrected chi connectivity index (χ4v) is 2.94. The molecule has 0 rings (SSSR count). The molecule has 0 fully saturated rings. The van der Waals surface area contributed by atoms with Crippen LogP contribution in [-0.2, 0) is 19.1 Å². The van der Waals surface area contributed by atoms with Crippen molar-refractivity contribution in [3.8, 4) is 0 Å². The summed E-state index contributed by atoms with van der Waals surface area (Å²) in [5, 5.41) is 11.9. The number of hydrogen-bond acceptors (Lipinski definition) is 6. The number of rotatable bonds is 20. The van der Waals surface area contributed by atoms with Crippen molar-refractivity contribution in [1.29, 1.82) is 0 Å². The molecule has 1 atom stereocenters. The molecule has 0 aromatic carbocycles. The van der Waals surface area contributed by atoms with Crippen molar-refractivity contribution in [2.45, 2.75) is 130 Å². The molecule has 7 heteroatoms. The standard InChI is InChI=1S/C17H31NO5.C8H19N/c1-2-3-4-5-6-7-8-9-10-11-16(21)23-17(22)14(18)12-13-15(19)20;1-3-5-7-9-8-6-4-2/h14H,2-13,18H2,1H3,(H,19,20);9H,3-8H2,1-2H3/t14-;/m0./s1. The molecule has 0 radical (unpaired) electrons. The van der Waals surface area contributed by atoms with E-state index in [2.05, 4.69) is 30.8 Å². The molecule has 0 aliphatic heterocycles. The van der Waals surface area contributed by atoms with Gasteiger partial charge in [-0.15, -0.1) is 0 Å². The van der Waals surface area contributed by atoms with Gasteiger partial charge in [-0.1, -0.05) is 85.0 Å². The first-order chi connectivity index (χ1) is 15.4. The second-order valence-corrected chi connectivity index (χ2v) is 8.37. The zero-order valence-electron chi connectivity index (χ0n) is 21.0. The Morgan fingerprint density at radius 1 is 0.750 bits per heavy atom. The summed E-state index contributed by atoms with van der Waals surface area (Å²) in [5.74, 6) is -2.45. The van der Waals surface area contributed by atoms with Crippen molar-refractivity contribution in [2.75, 3.05) is 13.1 Å². The van der Waals surface area contributed by atoms with Crippen molar-refractivity contribution in [2.24, 2.45) is 5.73 Å². The number of carboxylic acid groups (broad SMARTS) is 1. The predicted molar refractivity (Wildman–Crippen MR) is 130 cm³/mol. The summed E-state index contributed by atoms with van der Waals surface area (Å²) in [6.07, 6.45) is 15.5. The molecule has 0 saturated heterocycles. The Kier molecular flexibility index (Phi) is 26.4. The number of carbonyl (C=O) groups is 3. The van der Waals surface area contributed by atoms with Crippen LogP contribution in [0.5, 0.6) is 0 Å². The Bertz CT molecular complexity index is 452. The lowest BCUT2D eigenvalue weighted by atomic mass is 10.1. The third-order valence-corrected chi connectivity index (χ3v) is 5.09. The van der Waals surface area contributed by atoms with E-state index in [1.807, 2.05) is 0 Å². The Morgan fingerprint density at radius 2 is 1.22 bits per heavy atom. The van der Waals surface area contributed by atoms with Crippen LogP contribution in [0.4, 0.5) is 0 Å². The van der Waals surface area contributed by atoms with Crippen molar-refractivity contribution in [3.63, 3.8) is 0 Å². The van der Waals surface area contributed by atoms with Crippen LogP contribution < -0.4 is 11.1 Å². The van der Waals surface area contributed by atoms with Crippen molar-refractivity contribution in [1.82, 2.24) is 5.32 Å². The van der Waals surface area contributed by atoms with Gasteiger partial charge in [-0.3, -0.25) is 9.59 Å². The fourth-order valence-electron chi connectivity index (χ4n) is 2.94. The lowest BCUT2D eigenvalue weighted by Crippen LogP contribution is -2.34. The Labute approximate surface area is 196 Å². The third-order valence-electron chi connectivity index (χ3n) is 5.09. The minimum atomic E-state index is -1.06. The summed E-state index contributed by atoms with van der Waals surface area (Å²) in [6.45, 7) is 9.05. The van der Waals surface area contributed by atoms with Crippen LogP contribution in [-0.4, -0.2) is 42.1 Å². The van der Waals surface area contributed by atoms with Gasteiger partial charge in [-0.25, -0.2) is 4.79 Å². The van der Waals surface area contributed by atoms with Crippen LogP contribution in [0.15, 0.2) is 0 Å². The van der Waals surface area contributed by atoms with Gasteiger partial charge in [-0.05, 0) is 38.8 Å². The largest absolute Gasteiger partial charge is 0.481 e. The SMILES string of the molecule is CCCCCCCCCCCC(=O)OC(=O)[C@@H](N)CCC(=O)O.CCCCNCCCC. The molecule has 0 amide bonds. The molecule has 7 nitrogen and oxygen atoms in total. The van der Waals surface area contributed by atoms with Gasteiger partial charge in [0, 0.05) is 12.8 Å². The van der Waals surface area contributed by atoms with E-state index in [1.54, 1.807) is 0 Å². The minimum absolute atomic E-state index is 0.0283. The molecule has 0 bridgehead atoms. The molecular formula is C25H50N2O5. The Balaban J connectivity index is 0. The zero-order valence-corrected chi connectivity index (χ0v) is 21.0. The number of carbonyl (C=O) groups excluding carboxylic acids is 2. The van der Waals surface area contributed by atoms with Gasteiger partial charge in [0.1, 0.15) is 6.04 Å². The van der Waals surface area contributed by atoms with Gasteiger partial charge in [-0.2, -0.15) is 0 Å². The number of aliphatic carboxylic acids is 1. The van der Waals surface area contributed by atoms with Crippen molar-refractivity contribution in [3.05, 3.63) is 0 Å². The van der Waals surface area contributed by atoms with E-state index < -0.39 is 23.9 Å². The fraction of sp³-hybridized carbons (Fsp3) is 0.880. The number of carboxylic acids is 1. The Morgan fingerprint density at radius 3 is 1.69 bits per heavy atom. The minimum Gasteiger partial charge on any atom is -0.481 e. The van der Waals surface area contributed by atoms with E-state index in [9.17, 15) is 14.4 Å². The van der Waals surface area contributed by atoms with Crippen LogP contribution in [0.3, 0.4) is 0 Å². The molecule has 32 heavy (non-hydrogen) atoms. The maximum atomic E-state index is 11.5. The summed E-state index contributed by atoms with van der Waals surface area (Å²) in [6, 6.07) is -1.06. The highest BCUT2D eigenvalue weighted by Gasteiger charge is 2.19. The van der Waals surface area contributed by atoms with Crippen LogP contribution in [0, 0.1) is 0 Å². The molecule has 0 aromatic heterocycles. The zero-order chi connectivity index (χ0) is 24.5. The van der Waals surface area contributed by atoms with Gasteiger partial charge < -0.3 is 20.9 Å². The highest BCUT2D eigenvalue weighted by Crippen LogP contribution is 2.11. The molecule has 0 aliphatic carbocycles. The number of ether oxygens (including phenoxy) is 1. The van der Waals surface area contributed by atoms with E-state index in [4.69, 9.17) is 10.8 Å².